The molecule has 1 atom stereocenters. The second-order valence-electron chi connectivity index (χ2n) is 6.06. The molecule has 1 aromatic rings. The van der Waals surface area contributed by atoms with Crippen LogP contribution < -0.4 is 0 Å². The summed E-state index contributed by atoms with van der Waals surface area (Å²) in [5.41, 5.74) is 2.67. The molecule has 1 aliphatic carbocycles. The van der Waals surface area contributed by atoms with Crippen LogP contribution in [-0.4, -0.2) is 18.4 Å². The van der Waals surface area contributed by atoms with E-state index >= 15 is 0 Å². The van der Waals surface area contributed by atoms with Gasteiger partial charge in [-0.05, 0) is 0 Å². The molecular formula is C17H22Sn. The summed E-state index contributed by atoms with van der Waals surface area (Å²) >= 11 is -2.05. The third-order valence-electron chi connectivity index (χ3n) is 4.09. The van der Waals surface area contributed by atoms with E-state index in [2.05, 4.69) is 76.0 Å². The van der Waals surface area contributed by atoms with Crippen LogP contribution in [0.2, 0.25) is 18.2 Å². The molecule has 0 radical (unpaired) electrons. The Kier molecular flexibility index (Phi) is 3.86. The third-order valence-corrected chi connectivity index (χ3v) is 13.7. The summed E-state index contributed by atoms with van der Waals surface area (Å²) in [7, 11) is 0. The predicted octanol–water partition coefficient (Wildman–Crippen LogP) is 5.29. The summed E-state index contributed by atoms with van der Waals surface area (Å²) in [5, 5.41) is 0. The van der Waals surface area contributed by atoms with Gasteiger partial charge in [-0.15, -0.1) is 0 Å². The van der Waals surface area contributed by atoms with Crippen LogP contribution >= 0.6 is 0 Å². The van der Waals surface area contributed by atoms with Gasteiger partial charge in [0.15, 0.2) is 0 Å². The monoisotopic (exact) mass is 346 g/mol. The zero-order valence-corrected chi connectivity index (χ0v) is 14.5. The van der Waals surface area contributed by atoms with Crippen molar-refractivity contribution in [2.45, 2.75) is 24.7 Å². The van der Waals surface area contributed by atoms with E-state index in [9.17, 15) is 0 Å². The minimum absolute atomic E-state index is 0.285. The molecule has 0 N–H and O–H groups in total. The molecule has 0 saturated carbocycles. The normalized spacial score (nSPS) is 23.6. The summed E-state index contributed by atoms with van der Waals surface area (Å²) in [6.07, 6.45) is 10.4. The van der Waals surface area contributed by atoms with Crippen molar-refractivity contribution in [3.63, 3.8) is 0 Å². The van der Waals surface area contributed by atoms with E-state index in [4.69, 9.17) is 0 Å². The number of allylic oxidation sites excluding steroid dienone is 5. The standard InChI is InChI=1S/C14H13.3CH3.Sn/c1-2-12-8-10-14(11-9-12)13-6-4-3-5-7-13;;;;/h2-8,10-11H,1,9H2;3*1H3;. The average molecular weight is 345 g/mol. The van der Waals surface area contributed by atoms with E-state index in [0.717, 1.165) is 6.42 Å². The van der Waals surface area contributed by atoms with E-state index in [1.807, 2.05) is 0 Å². The van der Waals surface area contributed by atoms with Gasteiger partial charge >= 0.3 is 115 Å². The van der Waals surface area contributed by atoms with E-state index in [1.165, 1.54) is 11.1 Å². The molecule has 0 nitrogen and oxygen atoms in total. The first kappa shape index (κ1) is 13.7. The number of hydrogen-bond donors (Lipinski definition) is 0. The first-order chi connectivity index (χ1) is 8.48. The Labute approximate surface area is 115 Å². The van der Waals surface area contributed by atoms with Gasteiger partial charge in [0, 0.05) is 0 Å². The SMILES string of the molecule is C=C[C]1([Sn]([CH3])([CH3])[CH3])C=CC(c2ccccc2)=CC1. The van der Waals surface area contributed by atoms with Crippen molar-refractivity contribution in [2.24, 2.45) is 0 Å². The molecule has 0 fully saturated rings. The molecule has 0 heterocycles. The molecule has 94 valence electrons. The molecule has 0 aliphatic heterocycles. The maximum absolute atomic E-state index is 4.09. The maximum atomic E-state index is 4.09. The van der Waals surface area contributed by atoms with Crippen LogP contribution in [0, 0.1) is 0 Å². The van der Waals surface area contributed by atoms with Gasteiger partial charge < -0.3 is 0 Å². The topological polar surface area (TPSA) is 0 Å². The van der Waals surface area contributed by atoms with Crippen LogP contribution in [0.1, 0.15) is 12.0 Å². The molecule has 0 spiro atoms. The van der Waals surface area contributed by atoms with Gasteiger partial charge in [-0.25, -0.2) is 0 Å². The quantitative estimate of drug-likeness (QED) is 0.516. The van der Waals surface area contributed by atoms with Gasteiger partial charge in [0.2, 0.25) is 0 Å². The molecule has 2 rings (SSSR count). The van der Waals surface area contributed by atoms with Crippen LogP contribution in [0.4, 0.5) is 0 Å². The summed E-state index contributed by atoms with van der Waals surface area (Å²) in [6.45, 7) is 4.09. The van der Waals surface area contributed by atoms with Crippen molar-refractivity contribution in [1.82, 2.24) is 0 Å². The molecule has 0 aromatic heterocycles. The molecule has 18 heavy (non-hydrogen) atoms. The summed E-state index contributed by atoms with van der Waals surface area (Å²) in [6, 6.07) is 10.6. The number of benzene rings is 1. The van der Waals surface area contributed by atoms with Crippen LogP contribution in [0.15, 0.2) is 61.2 Å². The second kappa shape index (κ2) is 5.08. The molecule has 0 bridgehead atoms. The molecule has 1 aliphatic rings. The van der Waals surface area contributed by atoms with Gasteiger partial charge in [0.1, 0.15) is 0 Å². The average Bonchev–Trinajstić information content (AvgIpc) is 2.38. The summed E-state index contributed by atoms with van der Waals surface area (Å²) in [4.78, 5) is 7.46. The Morgan fingerprint density at radius 1 is 1.17 bits per heavy atom. The number of hydrogen-bond acceptors (Lipinski definition) is 0. The van der Waals surface area contributed by atoms with E-state index < -0.39 is 18.4 Å². The summed E-state index contributed by atoms with van der Waals surface area (Å²) in [5.74, 6) is 0. The van der Waals surface area contributed by atoms with Crippen molar-refractivity contribution < 1.29 is 0 Å². The molecule has 0 amide bonds. The third kappa shape index (κ3) is 2.49. The molecule has 0 saturated heterocycles. The zero-order chi connectivity index (χ0) is 13.2. The van der Waals surface area contributed by atoms with E-state index in [0.29, 0.717) is 0 Å². The van der Waals surface area contributed by atoms with Gasteiger partial charge in [-0.3, -0.25) is 0 Å². The molecule has 1 unspecified atom stereocenters. The Morgan fingerprint density at radius 3 is 2.28 bits per heavy atom. The fourth-order valence-electron chi connectivity index (χ4n) is 2.51. The minimum atomic E-state index is -2.05. The first-order valence-corrected chi connectivity index (χ1v) is 16.6. The van der Waals surface area contributed by atoms with Crippen LogP contribution in [0.3, 0.4) is 0 Å². The van der Waals surface area contributed by atoms with Crippen molar-refractivity contribution in [2.75, 3.05) is 0 Å². The number of rotatable bonds is 3. The van der Waals surface area contributed by atoms with Gasteiger partial charge in [-0.2, -0.15) is 0 Å². The van der Waals surface area contributed by atoms with Crippen LogP contribution in [0.25, 0.3) is 5.57 Å². The Hall–Kier alpha value is -0.761. The molecule has 1 aromatic carbocycles. The zero-order valence-electron chi connectivity index (χ0n) is 11.6. The van der Waals surface area contributed by atoms with Crippen molar-refractivity contribution in [3.8, 4) is 0 Å². The second-order valence-corrected chi connectivity index (χ2v) is 21.6. The van der Waals surface area contributed by atoms with Crippen LogP contribution in [0.5, 0.6) is 0 Å². The van der Waals surface area contributed by atoms with E-state index in [-0.39, 0.29) is 3.43 Å². The molecule has 1 heteroatoms. The van der Waals surface area contributed by atoms with E-state index in [1.54, 1.807) is 0 Å². The fourth-order valence-corrected chi connectivity index (χ4v) is 7.96. The summed E-state index contributed by atoms with van der Waals surface area (Å²) < 4.78 is 0.285. The van der Waals surface area contributed by atoms with Gasteiger partial charge in [0.25, 0.3) is 0 Å². The Bertz CT molecular complexity index is 488. The van der Waals surface area contributed by atoms with Crippen molar-refractivity contribution in [3.05, 3.63) is 66.8 Å². The van der Waals surface area contributed by atoms with Crippen molar-refractivity contribution >= 4 is 24.0 Å². The van der Waals surface area contributed by atoms with Gasteiger partial charge in [0.05, 0.1) is 0 Å². The van der Waals surface area contributed by atoms with Gasteiger partial charge in [-0.1, -0.05) is 0 Å². The Morgan fingerprint density at radius 2 is 1.83 bits per heavy atom. The first-order valence-electron chi connectivity index (χ1n) is 6.57. The predicted molar refractivity (Wildman–Crippen MR) is 84.4 cm³/mol. The fraction of sp³-hybridized carbons (Fsp3) is 0.294. The molecular weight excluding hydrogens is 323 g/mol. The van der Waals surface area contributed by atoms with Crippen LogP contribution in [-0.2, 0) is 0 Å². The Balaban J connectivity index is 2.29. The van der Waals surface area contributed by atoms with Crippen molar-refractivity contribution in [1.29, 1.82) is 0 Å².